The van der Waals surface area contributed by atoms with Crippen LogP contribution in [0.3, 0.4) is 0 Å². The summed E-state index contributed by atoms with van der Waals surface area (Å²) in [5, 5.41) is 5.22. The highest BCUT2D eigenvalue weighted by Gasteiger charge is 2.13. The zero-order valence-corrected chi connectivity index (χ0v) is 16.0. The Hall–Kier alpha value is -4.27. The number of H-pyrrole nitrogens is 1. The van der Waals surface area contributed by atoms with Gasteiger partial charge in [-0.1, -0.05) is 12.1 Å². The van der Waals surface area contributed by atoms with Crippen LogP contribution in [0, 0.1) is 11.6 Å². The van der Waals surface area contributed by atoms with E-state index in [2.05, 4.69) is 20.6 Å². The van der Waals surface area contributed by atoms with Crippen molar-refractivity contribution in [3.63, 3.8) is 0 Å². The van der Waals surface area contributed by atoms with Crippen molar-refractivity contribution in [1.29, 1.82) is 0 Å². The zero-order valence-electron chi connectivity index (χ0n) is 16.0. The molecule has 7 nitrogen and oxygen atoms in total. The fraction of sp³-hybridized carbons (Fsp3) is 0.0455. The fourth-order valence-corrected chi connectivity index (χ4v) is 2.93. The van der Waals surface area contributed by atoms with Crippen molar-refractivity contribution < 1.29 is 23.1 Å². The van der Waals surface area contributed by atoms with Crippen molar-refractivity contribution in [2.24, 2.45) is 0 Å². The summed E-state index contributed by atoms with van der Waals surface area (Å²) in [6.07, 6.45) is 3.13. The van der Waals surface area contributed by atoms with Crippen molar-refractivity contribution in [3.8, 4) is 11.5 Å². The highest BCUT2D eigenvalue weighted by atomic mass is 19.1. The predicted molar refractivity (Wildman–Crippen MR) is 110 cm³/mol. The largest absolute Gasteiger partial charge is 0.453 e. The topological polar surface area (TPSA) is 96.1 Å². The highest BCUT2D eigenvalue weighted by Crippen LogP contribution is 2.31. The lowest BCUT2D eigenvalue weighted by Crippen LogP contribution is -2.35. The van der Waals surface area contributed by atoms with E-state index in [0.29, 0.717) is 22.3 Å². The van der Waals surface area contributed by atoms with E-state index < -0.39 is 23.6 Å². The lowest BCUT2D eigenvalue weighted by molar-refractivity contribution is -0.119. The van der Waals surface area contributed by atoms with E-state index >= 15 is 0 Å². The van der Waals surface area contributed by atoms with Gasteiger partial charge in [-0.05, 0) is 42.0 Å². The number of nitrogens with zero attached hydrogens (tertiary/aromatic N) is 1. The van der Waals surface area contributed by atoms with Gasteiger partial charge in [-0.25, -0.2) is 18.6 Å². The molecule has 4 aromatic rings. The first-order valence-electron chi connectivity index (χ1n) is 9.23. The van der Waals surface area contributed by atoms with Gasteiger partial charge in [-0.2, -0.15) is 0 Å². The number of rotatable bonds is 5. The third-order valence-corrected chi connectivity index (χ3v) is 4.36. The van der Waals surface area contributed by atoms with Crippen LogP contribution < -0.4 is 15.4 Å². The molecule has 0 fully saturated rings. The Balaban J connectivity index is 1.37. The number of hydrogen-bond donors (Lipinski definition) is 3. The molecule has 0 atom stereocenters. The van der Waals surface area contributed by atoms with Gasteiger partial charge in [-0.15, -0.1) is 0 Å². The van der Waals surface area contributed by atoms with Crippen LogP contribution in [0.15, 0.2) is 67.0 Å². The molecular formula is C22H16F2N4O3. The molecule has 4 rings (SSSR count). The number of amides is 3. The Morgan fingerprint density at radius 2 is 1.81 bits per heavy atom. The lowest BCUT2D eigenvalue weighted by Gasteiger charge is -2.10. The highest BCUT2D eigenvalue weighted by molar-refractivity contribution is 6.01. The molecule has 9 heteroatoms. The molecule has 0 aliphatic carbocycles. The number of anilines is 1. The number of nitrogens with one attached hydrogen (secondary N) is 3. The first-order chi connectivity index (χ1) is 15.0. The number of pyridine rings is 1. The van der Waals surface area contributed by atoms with Crippen LogP contribution in [0.1, 0.15) is 5.56 Å². The number of hydrogen-bond acceptors (Lipinski definition) is 4. The summed E-state index contributed by atoms with van der Waals surface area (Å²) in [4.78, 5) is 31.0. The average Bonchev–Trinajstić information content (AvgIpc) is 3.21. The second-order valence-electron chi connectivity index (χ2n) is 6.60. The molecule has 0 saturated carbocycles. The maximum absolute atomic E-state index is 14.5. The zero-order chi connectivity index (χ0) is 21.8. The van der Waals surface area contributed by atoms with E-state index in [1.807, 2.05) is 0 Å². The van der Waals surface area contributed by atoms with Gasteiger partial charge >= 0.3 is 6.03 Å². The van der Waals surface area contributed by atoms with Crippen LogP contribution in [0.5, 0.6) is 11.5 Å². The van der Waals surface area contributed by atoms with E-state index in [1.54, 1.807) is 18.3 Å². The standard InChI is InChI=1S/C22H16F2N4O3/c23-14-3-1-13(2-4-14)11-20(29)28-22(30)27-15-5-6-19(17(24)12-15)31-18-8-10-26-21-16(18)7-9-25-21/h1-10,12H,11H2,(H,25,26)(H2,27,28,29,30). The normalized spacial score (nSPS) is 10.6. The third kappa shape index (κ3) is 4.84. The van der Waals surface area contributed by atoms with Gasteiger partial charge in [0.2, 0.25) is 5.91 Å². The molecule has 31 heavy (non-hydrogen) atoms. The number of urea groups is 1. The van der Waals surface area contributed by atoms with Crippen LogP contribution in [-0.2, 0) is 11.2 Å². The molecular weight excluding hydrogens is 406 g/mol. The molecule has 156 valence electrons. The van der Waals surface area contributed by atoms with Crippen LogP contribution in [0.25, 0.3) is 11.0 Å². The summed E-state index contributed by atoms with van der Waals surface area (Å²) in [5.41, 5.74) is 1.29. The van der Waals surface area contributed by atoms with Gasteiger partial charge in [0, 0.05) is 24.1 Å². The van der Waals surface area contributed by atoms with Crippen molar-refractivity contribution in [1.82, 2.24) is 15.3 Å². The van der Waals surface area contributed by atoms with E-state index in [9.17, 15) is 18.4 Å². The summed E-state index contributed by atoms with van der Waals surface area (Å²) in [5.74, 6) is -1.31. The van der Waals surface area contributed by atoms with Gasteiger partial charge in [0.25, 0.3) is 0 Å². The fourth-order valence-electron chi connectivity index (χ4n) is 2.93. The number of fused-ring (bicyclic) bond motifs is 1. The molecule has 3 amide bonds. The molecule has 0 saturated heterocycles. The van der Waals surface area contributed by atoms with Gasteiger partial charge < -0.3 is 15.0 Å². The van der Waals surface area contributed by atoms with Crippen LogP contribution >= 0.6 is 0 Å². The molecule has 0 aliphatic rings. The number of aromatic amines is 1. The number of benzene rings is 2. The third-order valence-electron chi connectivity index (χ3n) is 4.36. The van der Waals surface area contributed by atoms with E-state index in [4.69, 9.17) is 4.74 Å². The maximum atomic E-state index is 14.5. The van der Waals surface area contributed by atoms with E-state index in [0.717, 1.165) is 6.07 Å². The summed E-state index contributed by atoms with van der Waals surface area (Å²) in [6, 6.07) is 11.8. The van der Waals surface area contributed by atoms with Crippen molar-refractivity contribution in [2.45, 2.75) is 6.42 Å². The van der Waals surface area contributed by atoms with Gasteiger partial charge in [-0.3, -0.25) is 10.1 Å². The molecule has 0 aliphatic heterocycles. The first kappa shape index (κ1) is 20.0. The minimum absolute atomic E-state index is 0.0351. The molecule has 0 bridgehead atoms. The first-order valence-corrected chi connectivity index (χ1v) is 9.23. The molecule has 2 heterocycles. The molecule has 2 aromatic heterocycles. The summed E-state index contributed by atoms with van der Waals surface area (Å²) in [7, 11) is 0. The SMILES string of the molecule is O=C(Cc1ccc(F)cc1)NC(=O)Nc1ccc(Oc2ccnc3[nH]ccc23)c(F)c1. The van der Waals surface area contributed by atoms with Gasteiger partial charge in [0.15, 0.2) is 11.6 Å². The van der Waals surface area contributed by atoms with E-state index in [-0.39, 0.29) is 17.9 Å². The van der Waals surface area contributed by atoms with Gasteiger partial charge in [0.05, 0.1) is 11.8 Å². The number of ether oxygens (including phenoxy) is 1. The Morgan fingerprint density at radius 3 is 2.58 bits per heavy atom. The molecule has 0 spiro atoms. The minimum atomic E-state index is -0.816. The number of halogens is 2. The van der Waals surface area contributed by atoms with Crippen LogP contribution in [-0.4, -0.2) is 21.9 Å². The van der Waals surface area contributed by atoms with Crippen molar-refractivity contribution >= 4 is 28.7 Å². The molecule has 2 aromatic carbocycles. The van der Waals surface area contributed by atoms with Crippen molar-refractivity contribution in [3.05, 3.63) is 84.2 Å². The second-order valence-corrected chi connectivity index (χ2v) is 6.60. The lowest BCUT2D eigenvalue weighted by atomic mass is 10.1. The average molecular weight is 422 g/mol. The smallest absolute Gasteiger partial charge is 0.325 e. The Labute approximate surface area is 175 Å². The number of carbonyl (C=O) groups excluding carboxylic acids is 2. The molecule has 0 radical (unpaired) electrons. The maximum Gasteiger partial charge on any atom is 0.325 e. The van der Waals surface area contributed by atoms with Crippen LogP contribution in [0.4, 0.5) is 19.3 Å². The Morgan fingerprint density at radius 1 is 1.00 bits per heavy atom. The number of aromatic nitrogens is 2. The van der Waals surface area contributed by atoms with Gasteiger partial charge in [0.1, 0.15) is 17.2 Å². The predicted octanol–water partition coefficient (Wildman–Crippen LogP) is 4.52. The second kappa shape index (κ2) is 8.62. The van der Waals surface area contributed by atoms with Crippen molar-refractivity contribution in [2.75, 3.05) is 5.32 Å². The van der Waals surface area contributed by atoms with Crippen LogP contribution in [0.2, 0.25) is 0 Å². The number of imide groups is 1. The summed E-state index contributed by atoms with van der Waals surface area (Å²) in [6.45, 7) is 0. The van der Waals surface area contributed by atoms with E-state index in [1.165, 1.54) is 42.6 Å². The molecule has 0 unspecified atom stereocenters. The molecule has 3 N–H and O–H groups in total. The summed E-state index contributed by atoms with van der Waals surface area (Å²) >= 11 is 0. The minimum Gasteiger partial charge on any atom is -0.453 e. The Bertz CT molecular complexity index is 1260. The quantitative estimate of drug-likeness (QED) is 0.441. The summed E-state index contributed by atoms with van der Waals surface area (Å²) < 4.78 is 33.0. The Kier molecular flexibility index (Phi) is 5.57. The monoisotopic (exact) mass is 422 g/mol. The number of carbonyl (C=O) groups is 2.